The van der Waals surface area contributed by atoms with E-state index in [1.165, 1.54) is 25.7 Å². The molecule has 0 amide bonds. The Balaban J connectivity index is 2.38. The van der Waals surface area contributed by atoms with Gasteiger partial charge in [-0.2, -0.15) is 5.26 Å². The lowest BCUT2D eigenvalue weighted by molar-refractivity contribution is 0.209. The van der Waals surface area contributed by atoms with Gasteiger partial charge in [0.25, 0.3) is 0 Å². The van der Waals surface area contributed by atoms with E-state index in [2.05, 4.69) is 37.2 Å². The topological polar surface area (TPSA) is 39.1 Å². The summed E-state index contributed by atoms with van der Waals surface area (Å²) < 4.78 is 0. The average Bonchev–Trinajstić information content (AvgIpc) is 3.12. The van der Waals surface area contributed by atoms with Gasteiger partial charge < -0.3 is 4.90 Å². The van der Waals surface area contributed by atoms with Crippen molar-refractivity contribution in [3.8, 4) is 6.07 Å². The molecule has 0 spiro atoms. The highest BCUT2D eigenvalue weighted by atomic mass is 15.1. The molecule has 1 fully saturated rings. The Morgan fingerprint density at radius 3 is 2.41 bits per heavy atom. The summed E-state index contributed by atoms with van der Waals surface area (Å²) in [6, 6.07) is 3.69. The van der Waals surface area contributed by atoms with E-state index in [0.29, 0.717) is 12.1 Å². The summed E-state index contributed by atoms with van der Waals surface area (Å²) in [5, 5.41) is 12.8. The van der Waals surface area contributed by atoms with Crippen molar-refractivity contribution in [2.24, 2.45) is 0 Å². The molecule has 3 heteroatoms. The molecule has 1 atom stereocenters. The number of rotatable bonds is 8. The van der Waals surface area contributed by atoms with Gasteiger partial charge in [-0.05, 0) is 46.1 Å². The van der Waals surface area contributed by atoms with Gasteiger partial charge in [-0.15, -0.1) is 0 Å². The van der Waals surface area contributed by atoms with E-state index in [1.807, 2.05) is 6.92 Å². The fraction of sp³-hybridized carbons (Fsp3) is 0.929. The van der Waals surface area contributed by atoms with Crippen molar-refractivity contribution in [1.82, 2.24) is 10.2 Å². The van der Waals surface area contributed by atoms with Gasteiger partial charge in [-0.3, -0.25) is 5.32 Å². The van der Waals surface area contributed by atoms with Crippen molar-refractivity contribution in [3.05, 3.63) is 0 Å². The second kappa shape index (κ2) is 6.37. The van der Waals surface area contributed by atoms with Gasteiger partial charge in [0.15, 0.2) is 0 Å². The van der Waals surface area contributed by atoms with Crippen molar-refractivity contribution >= 4 is 0 Å². The maximum Gasteiger partial charge on any atom is 0.105 e. The first-order valence-electron chi connectivity index (χ1n) is 6.93. The molecule has 0 aromatic carbocycles. The summed E-state index contributed by atoms with van der Waals surface area (Å²) in [7, 11) is 2.17. The molecule has 1 rings (SSSR count). The van der Waals surface area contributed by atoms with Crippen LogP contribution >= 0.6 is 0 Å². The molecule has 1 aliphatic carbocycles. The third-order valence-corrected chi connectivity index (χ3v) is 3.88. The van der Waals surface area contributed by atoms with Gasteiger partial charge in [-0.25, -0.2) is 0 Å². The minimum atomic E-state index is -0.346. The maximum absolute atomic E-state index is 9.30. The van der Waals surface area contributed by atoms with Crippen LogP contribution in [0.3, 0.4) is 0 Å². The first-order chi connectivity index (χ1) is 8.04. The largest absolute Gasteiger partial charge is 0.303 e. The second-order valence-corrected chi connectivity index (χ2v) is 5.56. The lowest BCUT2D eigenvalue weighted by atomic mass is 9.98. The molecule has 0 aromatic rings. The van der Waals surface area contributed by atoms with E-state index in [-0.39, 0.29) is 5.54 Å². The molecule has 1 unspecified atom stereocenters. The minimum absolute atomic E-state index is 0.346. The third-order valence-electron chi connectivity index (χ3n) is 3.88. The van der Waals surface area contributed by atoms with Crippen LogP contribution < -0.4 is 5.32 Å². The summed E-state index contributed by atoms with van der Waals surface area (Å²) in [6.07, 6.45) is 5.75. The molecule has 0 radical (unpaired) electrons. The van der Waals surface area contributed by atoms with Crippen LogP contribution in [-0.2, 0) is 0 Å². The SMILES string of the molecule is CCC(CC)N(C)CCC(C)(C#N)NC1CC1. The number of nitrogens with one attached hydrogen (secondary N) is 1. The fourth-order valence-corrected chi connectivity index (χ4v) is 2.33. The van der Waals surface area contributed by atoms with E-state index in [0.717, 1.165) is 13.0 Å². The first-order valence-corrected chi connectivity index (χ1v) is 6.93. The minimum Gasteiger partial charge on any atom is -0.303 e. The lowest BCUT2D eigenvalue weighted by Gasteiger charge is -2.30. The number of hydrogen-bond acceptors (Lipinski definition) is 3. The number of hydrogen-bond donors (Lipinski definition) is 1. The van der Waals surface area contributed by atoms with E-state index in [4.69, 9.17) is 0 Å². The van der Waals surface area contributed by atoms with E-state index >= 15 is 0 Å². The smallest absolute Gasteiger partial charge is 0.105 e. The van der Waals surface area contributed by atoms with Gasteiger partial charge >= 0.3 is 0 Å². The Morgan fingerprint density at radius 1 is 1.41 bits per heavy atom. The molecule has 0 heterocycles. The average molecular weight is 237 g/mol. The molecular weight excluding hydrogens is 210 g/mol. The molecular formula is C14H27N3. The van der Waals surface area contributed by atoms with Gasteiger partial charge in [0.05, 0.1) is 6.07 Å². The van der Waals surface area contributed by atoms with Gasteiger partial charge in [0, 0.05) is 18.6 Å². The molecule has 0 bridgehead atoms. The van der Waals surface area contributed by atoms with Crippen LogP contribution in [0.15, 0.2) is 0 Å². The van der Waals surface area contributed by atoms with E-state index in [9.17, 15) is 5.26 Å². The Morgan fingerprint density at radius 2 is 2.00 bits per heavy atom. The third kappa shape index (κ3) is 4.65. The highest BCUT2D eigenvalue weighted by molar-refractivity contribution is 5.07. The Hall–Kier alpha value is -0.590. The standard InChI is InChI=1S/C14H27N3/c1-5-13(6-2)17(4)10-9-14(3,11-15)16-12-7-8-12/h12-13,16H,5-10H2,1-4H3. The molecule has 1 saturated carbocycles. The first kappa shape index (κ1) is 14.5. The molecule has 17 heavy (non-hydrogen) atoms. The van der Waals surface area contributed by atoms with Crippen molar-refractivity contribution < 1.29 is 0 Å². The summed E-state index contributed by atoms with van der Waals surface area (Å²) >= 11 is 0. The quantitative estimate of drug-likeness (QED) is 0.705. The van der Waals surface area contributed by atoms with Crippen LogP contribution in [-0.4, -0.2) is 36.1 Å². The molecule has 0 aliphatic heterocycles. The van der Waals surface area contributed by atoms with Crippen molar-refractivity contribution in [3.63, 3.8) is 0 Å². The van der Waals surface area contributed by atoms with Crippen molar-refractivity contribution in [1.29, 1.82) is 5.26 Å². The Labute approximate surface area is 106 Å². The van der Waals surface area contributed by atoms with E-state index < -0.39 is 0 Å². The molecule has 0 aromatic heterocycles. The zero-order valence-electron chi connectivity index (χ0n) is 11.8. The number of nitrogens with zero attached hydrogens (tertiary/aromatic N) is 2. The highest BCUT2D eigenvalue weighted by Gasteiger charge is 2.32. The van der Waals surface area contributed by atoms with Crippen molar-refractivity contribution in [2.75, 3.05) is 13.6 Å². The van der Waals surface area contributed by atoms with Gasteiger partial charge in [-0.1, -0.05) is 13.8 Å². The zero-order valence-corrected chi connectivity index (χ0v) is 11.8. The Kier molecular flexibility index (Phi) is 5.42. The fourth-order valence-electron chi connectivity index (χ4n) is 2.33. The van der Waals surface area contributed by atoms with E-state index in [1.54, 1.807) is 0 Å². The van der Waals surface area contributed by atoms with Gasteiger partial charge in [0.1, 0.15) is 5.54 Å². The van der Waals surface area contributed by atoms with Crippen molar-refractivity contribution in [2.45, 2.75) is 70.5 Å². The maximum atomic E-state index is 9.30. The molecule has 98 valence electrons. The van der Waals surface area contributed by atoms with Crippen LogP contribution in [0, 0.1) is 11.3 Å². The van der Waals surface area contributed by atoms with Crippen LogP contribution in [0.25, 0.3) is 0 Å². The van der Waals surface area contributed by atoms with Crippen LogP contribution in [0.2, 0.25) is 0 Å². The van der Waals surface area contributed by atoms with Crippen LogP contribution in [0.4, 0.5) is 0 Å². The summed E-state index contributed by atoms with van der Waals surface area (Å²) in [6.45, 7) is 7.50. The zero-order chi connectivity index (χ0) is 12.9. The molecule has 1 N–H and O–H groups in total. The number of nitriles is 1. The molecule has 3 nitrogen and oxygen atoms in total. The summed E-state index contributed by atoms with van der Waals surface area (Å²) in [4.78, 5) is 2.39. The lowest BCUT2D eigenvalue weighted by Crippen LogP contribution is -2.45. The van der Waals surface area contributed by atoms with Gasteiger partial charge in [0.2, 0.25) is 0 Å². The monoisotopic (exact) mass is 237 g/mol. The molecule has 0 saturated heterocycles. The predicted octanol–water partition coefficient (Wildman–Crippen LogP) is 2.53. The summed E-state index contributed by atoms with van der Waals surface area (Å²) in [5.74, 6) is 0. The summed E-state index contributed by atoms with van der Waals surface area (Å²) in [5.41, 5.74) is -0.346. The van der Waals surface area contributed by atoms with Crippen LogP contribution in [0.5, 0.6) is 0 Å². The predicted molar refractivity (Wildman–Crippen MR) is 71.8 cm³/mol. The molecule has 1 aliphatic rings. The Bertz CT molecular complexity index is 263. The normalized spacial score (nSPS) is 19.4. The second-order valence-electron chi connectivity index (χ2n) is 5.56. The van der Waals surface area contributed by atoms with Crippen LogP contribution in [0.1, 0.15) is 52.9 Å². The highest BCUT2D eigenvalue weighted by Crippen LogP contribution is 2.24.